The van der Waals surface area contributed by atoms with Crippen LogP contribution < -0.4 is 5.73 Å². The number of aryl methyl sites for hydroxylation is 1. The predicted octanol–water partition coefficient (Wildman–Crippen LogP) is 0.628. The predicted molar refractivity (Wildman–Crippen MR) is 59.2 cm³/mol. The number of aliphatic hydroxyl groups is 1. The number of rotatable bonds is 6. The zero-order chi connectivity index (χ0) is 10.4. The van der Waals surface area contributed by atoms with Crippen molar-refractivity contribution >= 4 is 11.8 Å². The Hall–Kier alpha value is -0.520. The highest BCUT2D eigenvalue weighted by atomic mass is 32.2. The van der Waals surface area contributed by atoms with Gasteiger partial charge in [0.25, 0.3) is 0 Å². The van der Waals surface area contributed by atoms with Crippen molar-refractivity contribution in [2.24, 2.45) is 5.73 Å². The molecule has 1 aromatic rings. The third-order valence-electron chi connectivity index (χ3n) is 2.07. The standard InChI is InChI=1S/C9H17N3OS/c1-14-4-2-3-12-7-11-5-9(12)8(10)6-13/h5,7-8,13H,2-4,6,10H2,1H3. The Balaban J connectivity index is 2.53. The molecule has 0 amide bonds. The molecular weight excluding hydrogens is 198 g/mol. The lowest BCUT2D eigenvalue weighted by molar-refractivity contribution is 0.263. The van der Waals surface area contributed by atoms with Crippen LogP contribution in [0.1, 0.15) is 18.2 Å². The van der Waals surface area contributed by atoms with Crippen molar-refractivity contribution in [1.29, 1.82) is 0 Å². The molecule has 0 fully saturated rings. The second kappa shape index (κ2) is 6.06. The van der Waals surface area contributed by atoms with Crippen molar-refractivity contribution in [3.8, 4) is 0 Å². The fourth-order valence-electron chi connectivity index (χ4n) is 1.30. The summed E-state index contributed by atoms with van der Waals surface area (Å²) in [5.41, 5.74) is 6.64. The van der Waals surface area contributed by atoms with Gasteiger partial charge < -0.3 is 15.4 Å². The van der Waals surface area contributed by atoms with Crippen molar-refractivity contribution in [1.82, 2.24) is 9.55 Å². The van der Waals surface area contributed by atoms with E-state index in [-0.39, 0.29) is 12.6 Å². The van der Waals surface area contributed by atoms with Gasteiger partial charge in [-0.15, -0.1) is 0 Å². The van der Waals surface area contributed by atoms with Crippen LogP contribution in [0, 0.1) is 0 Å². The minimum absolute atomic E-state index is 0.0335. The lowest BCUT2D eigenvalue weighted by Gasteiger charge is -2.11. The second-order valence-electron chi connectivity index (χ2n) is 3.15. The Bertz CT molecular complexity index is 264. The summed E-state index contributed by atoms with van der Waals surface area (Å²) in [4.78, 5) is 4.03. The molecular formula is C9H17N3OS. The SMILES string of the molecule is CSCCCn1cncc1C(N)CO. The summed E-state index contributed by atoms with van der Waals surface area (Å²) in [7, 11) is 0. The molecule has 1 rings (SSSR count). The number of thioether (sulfide) groups is 1. The van der Waals surface area contributed by atoms with Gasteiger partial charge >= 0.3 is 0 Å². The highest BCUT2D eigenvalue weighted by molar-refractivity contribution is 7.98. The first-order valence-electron chi connectivity index (χ1n) is 4.65. The summed E-state index contributed by atoms with van der Waals surface area (Å²) >= 11 is 1.83. The van der Waals surface area contributed by atoms with Crippen molar-refractivity contribution in [2.45, 2.75) is 19.0 Å². The summed E-state index contributed by atoms with van der Waals surface area (Å²) in [6.45, 7) is 0.887. The van der Waals surface area contributed by atoms with Gasteiger partial charge in [-0.2, -0.15) is 11.8 Å². The van der Waals surface area contributed by atoms with Gasteiger partial charge in [0.2, 0.25) is 0 Å². The van der Waals surface area contributed by atoms with Crippen LogP contribution in [-0.4, -0.2) is 33.3 Å². The van der Waals surface area contributed by atoms with Gasteiger partial charge in [0.15, 0.2) is 0 Å². The van der Waals surface area contributed by atoms with Crippen LogP contribution in [0.15, 0.2) is 12.5 Å². The quantitative estimate of drug-likeness (QED) is 0.683. The minimum Gasteiger partial charge on any atom is -0.394 e. The van der Waals surface area contributed by atoms with Crippen LogP contribution >= 0.6 is 11.8 Å². The van der Waals surface area contributed by atoms with Gasteiger partial charge in [0.05, 0.1) is 24.7 Å². The Labute approximate surface area is 88.5 Å². The smallest absolute Gasteiger partial charge is 0.0948 e. The van der Waals surface area contributed by atoms with Crippen LogP contribution in [0.25, 0.3) is 0 Å². The Morgan fingerprint density at radius 1 is 1.71 bits per heavy atom. The Morgan fingerprint density at radius 2 is 2.50 bits per heavy atom. The van der Waals surface area contributed by atoms with Crippen LogP contribution in [-0.2, 0) is 6.54 Å². The van der Waals surface area contributed by atoms with Crippen LogP contribution in [0.2, 0.25) is 0 Å². The summed E-state index contributed by atoms with van der Waals surface area (Å²) in [5.74, 6) is 1.13. The molecule has 4 nitrogen and oxygen atoms in total. The first-order valence-corrected chi connectivity index (χ1v) is 6.04. The molecule has 0 aliphatic rings. The number of aliphatic hydroxyl groups excluding tert-OH is 1. The molecule has 1 unspecified atom stereocenters. The highest BCUT2D eigenvalue weighted by Gasteiger charge is 2.09. The normalized spacial score (nSPS) is 13.1. The van der Waals surface area contributed by atoms with E-state index in [2.05, 4.69) is 11.2 Å². The van der Waals surface area contributed by atoms with Gasteiger partial charge in [-0.3, -0.25) is 0 Å². The van der Waals surface area contributed by atoms with Crippen molar-refractivity contribution < 1.29 is 5.11 Å². The topological polar surface area (TPSA) is 64.1 Å². The zero-order valence-corrected chi connectivity index (χ0v) is 9.20. The maximum absolute atomic E-state index is 8.93. The van der Waals surface area contributed by atoms with E-state index in [1.54, 1.807) is 12.5 Å². The molecule has 1 atom stereocenters. The average molecular weight is 215 g/mol. The minimum atomic E-state index is -0.313. The first-order chi connectivity index (χ1) is 6.79. The van der Waals surface area contributed by atoms with Gasteiger partial charge in [-0.25, -0.2) is 4.98 Å². The second-order valence-corrected chi connectivity index (χ2v) is 4.13. The van der Waals surface area contributed by atoms with Crippen LogP contribution in [0.3, 0.4) is 0 Å². The van der Waals surface area contributed by atoms with E-state index < -0.39 is 0 Å². The Morgan fingerprint density at radius 3 is 3.14 bits per heavy atom. The van der Waals surface area contributed by atoms with E-state index in [0.717, 1.165) is 24.4 Å². The molecule has 0 aliphatic carbocycles. The van der Waals surface area contributed by atoms with Crippen LogP contribution in [0.4, 0.5) is 0 Å². The fourth-order valence-corrected chi connectivity index (χ4v) is 1.72. The molecule has 0 saturated heterocycles. The fraction of sp³-hybridized carbons (Fsp3) is 0.667. The molecule has 3 N–H and O–H groups in total. The van der Waals surface area contributed by atoms with Gasteiger partial charge in [-0.05, 0) is 18.4 Å². The van der Waals surface area contributed by atoms with E-state index in [4.69, 9.17) is 10.8 Å². The Kier molecular flexibility index (Phi) is 5.00. The van der Waals surface area contributed by atoms with Gasteiger partial charge in [0.1, 0.15) is 0 Å². The number of hydrogen-bond donors (Lipinski definition) is 2. The van der Waals surface area contributed by atoms with E-state index in [1.807, 2.05) is 16.3 Å². The number of aromatic nitrogens is 2. The summed E-state index contributed by atoms with van der Waals surface area (Å²) in [6.07, 6.45) is 6.68. The van der Waals surface area contributed by atoms with Crippen molar-refractivity contribution in [2.75, 3.05) is 18.6 Å². The molecule has 0 spiro atoms. The first kappa shape index (κ1) is 11.6. The molecule has 80 valence electrons. The lowest BCUT2D eigenvalue weighted by Crippen LogP contribution is -2.18. The monoisotopic (exact) mass is 215 g/mol. The average Bonchev–Trinajstić information content (AvgIpc) is 2.65. The van der Waals surface area contributed by atoms with E-state index >= 15 is 0 Å². The largest absolute Gasteiger partial charge is 0.394 e. The zero-order valence-electron chi connectivity index (χ0n) is 8.39. The molecule has 0 aromatic carbocycles. The number of nitrogens with two attached hydrogens (primary N) is 1. The molecule has 0 bridgehead atoms. The molecule has 1 heterocycles. The van der Waals surface area contributed by atoms with Gasteiger partial charge in [-0.1, -0.05) is 0 Å². The van der Waals surface area contributed by atoms with E-state index in [0.29, 0.717) is 0 Å². The molecule has 14 heavy (non-hydrogen) atoms. The number of nitrogens with zero attached hydrogens (tertiary/aromatic N) is 2. The highest BCUT2D eigenvalue weighted by Crippen LogP contribution is 2.10. The van der Waals surface area contributed by atoms with Crippen molar-refractivity contribution in [3.63, 3.8) is 0 Å². The third-order valence-corrected chi connectivity index (χ3v) is 2.77. The lowest BCUT2D eigenvalue weighted by atomic mass is 10.2. The van der Waals surface area contributed by atoms with E-state index in [9.17, 15) is 0 Å². The van der Waals surface area contributed by atoms with Gasteiger partial charge in [0, 0.05) is 12.7 Å². The molecule has 0 saturated carbocycles. The summed E-state index contributed by atoms with van der Waals surface area (Å²) in [5, 5.41) is 8.93. The number of hydrogen-bond acceptors (Lipinski definition) is 4. The molecule has 5 heteroatoms. The summed E-state index contributed by atoms with van der Waals surface area (Å²) in [6, 6.07) is -0.313. The van der Waals surface area contributed by atoms with Crippen molar-refractivity contribution in [3.05, 3.63) is 18.2 Å². The summed E-state index contributed by atoms with van der Waals surface area (Å²) < 4.78 is 2.01. The third kappa shape index (κ3) is 3.01. The van der Waals surface area contributed by atoms with Crippen LogP contribution in [0.5, 0.6) is 0 Å². The molecule has 1 aromatic heterocycles. The van der Waals surface area contributed by atoms with E-state index in [1.165, 1.54) is 0 Å². The maximum atomic E-state index is 8.93. The number of imidazole rings is 1. The molecule has 0 aliphatic heterocycles. The maximum Gasteiger partial charge on any atom is 0.0948 e. The molecule has 0 radical (unpaired) electrons.